The van der Waals surface area contributed by atoms with Crippen molar-refractivity contribution in [3.8, 4) is 0 Å². The molecule has 1 heterocycles. The van der Waals surface area contributed by atoms with Gasteiger partial charge < -0.3 is 4.90 Å². The van der Waals surface area contributed by atoms with Gasteiger partial charge in [-0.05, 0) is 20.0 Å². The van der Waals surface area contributed by atoms with E-state index >= 15 is 0 Å². The first-order chi connectivity index (χ1) is 6.83. The van der Waals surface area contributed by atoms with Gasteiger partial charge in [0.1, 0.15) is 5.78 Å². The predicted molar refractivity (Wildman–Crippen MR) is 55.0 cm³/mol. The molecule has 1 aliphatic heterocycles. The minimum absolute atomic E-state index is 0.0263. The van der Waals surface area contributed by atoms with E-state index in [1.807, 2.05) is 0 Å². The number of rotatable bonds is 3. The van der Waals surface area contributed by atoms with Crippen LogP contribution in [0.4, 0.5) is 8.78 Å². The number of ketones is 1. The SMILES string of the molecule is CC(C)C(=O)C[C@@H]1CCN(C)CC1(F)F. The van der Waals surface area contributed by atoms with Crippen LogP contribution in [0.25, 0.3) is 0 Å². The Morgan fingerprint density at radius 3 is 2.60 bits per heavy atom. The number of hydrogen-bond donors (Lipinski definition) is 0. The Bertz CT molecular complexity index is 241. The molecule has 0 aromatic carbocycles. The minimum atomic E-state index is -2.71. The lowest BCUT2D eigenvalue weighted by atomic mass is 9.86. The Labute approximate surface area is 89.6 Å². The maximum atomic E-state index is 13.5. The maximum Gasteiger partial charge on any atom is 0.263 e. The predicted octanol–water partition coefficient (Wildman–Crippen LogP) is 2.19. The van der Waals surface area contributed by atoms with Crippen molar-refractivity contribution < 1.29 is 13.6 Å². The van der Waals surface area contributed by atoms with Crippen LogP contribution in [-0.4, -0.2) is 36.7 Å². The molecule has 88 valence electrons. The second-order valence-electron chi connectivity index (χ2n) is 4.81. The van der Waals surface area contributed by atoms with Crippen LogP contribution in [0.15, 0.2) is 0 Å². The topological polar surface area (TPSA) is 20.3 Å². The Kier molecular flexibility index (Phi) is 3.82. The second kappa shape index (κ2) is 4.56. The fourth-order valence-corrected chi connectivity index (χ4v) is 1.89. The number of alkyl halides is 2. The van der Waals surface area contributed by atoms with Gasteiger partial charge in [-0.25, -0.2) is 8.78 Å². The molecule has 15 heavy (non-hydrogen) atoms. The van der Waals surface area contributed by atoms with E-state index in [0.29, 0.717) is 13.0 Å². The van der Waals surface area contributed by atoms with E-state index in [9.17, 15) is 13.6 Å². The summed E-state index contributed by atoms with van der Waals surface area (Å²) in [6.45, 7) is 3.96. The Morgan fingerprint density at radius 2 is 2.13 bits per heavy atom. The average molecular weight is 219 g/mol. The number of Topliss-reactive ketones (excluding diaryl/α,β-unsaturated/α-hetero) is 1. The van der Waals surface area contributed by atoms with Crippen LogP contribution < -0.4 is 0 Å². The quantitative estimate of drug-likeness (QED) is 0.725. The molecule has 0 unspecified atom stereocenters. The highest BCUT2D eigenvalue weighted by Crippen LogP contribution is 2.35. The summed E-state index contributed by atoms with van der Waals surface area (Å²) in [5.41, 5.74) is 0. The summed E-state index contributed by atoms with van der Waals surface area (Å²) in [4.78, 5) is 13.1. The van der Waals surface area contributed by atoms with Gasteiger partial charge in [-0.15, -0.1) is 0 Å². The number of piperidine rings is 1. The molecular weight excluding hydrogens is 200 g/mol. The van der Waals surface area contributed by atoms with E-state index in [-0.39, 0.29) is 24.7 Å². The number of likely N-dealkylation sites (tertiary alicyclic amines) is 1. The summed E-state index contributed by atoms with van der Waals surface area (Å²) in [5, 5.41) is 0. The first-order valence-electron chi connectivity index (χ1n) is 5.42. The van der Waals surface area contributed by atoms with Crippen molar-refractivity contribution in [1.82, 2.24) is 4.90 Å². The summed E-state index contributed by atoms with van der Waals surface area (Å²) in [5.74, 6) is -3.66. The fraction of sp³-hybridized carbons (Fsp3) is 0.909. The van der Waals surface area contributed by atoms with Crippen molar-refractivity contribution in [1.29, 1.82) is 0 Å². The highest BCUT2D eigenvalue weighted by atomic mass is 19.3. The van der Waals surface area contributed by atoms with Gasteiger partial charge in [0.15, 0.2) is 0 Å². The fourth-order valence-electron chi connectivity index (χ4n) is 1.89. The number of halogens is 2. The monoisotopic (exact) mass is 219 g/mol. The molecular formula is C11H19F2NO. The lowest BCUT2D eigenvalue weighted by Crippen LogP contribution is -2.47. The van der Waals surface area contributed by atoms with E-state index in [1.54, 1.807) is 25.8 Å². The molecule has 2 nitrogen and oxygen atoms in total. The first-order valence-corrected chi connectivity index (χ1v) is 5.42. The summed E-state index contributed by atoms with van der Waals surface area (Å²) >= 11 is 0. The molecule has 0 N–H and O–H groups in total. The number of carbonyl (C=O) groups excluding carboxylic acids is 1. The van der Waals surface area contributed by atoms with Crippen molar-refractivity contribution in [3.05, 3.63) is 0 Å². The standard InChI is InChI=1S/C11H19F2NO/c1-8(2)10(15)6-9-4-5-14(3)7-11(9,12)13/h8-9H,4-7H2,1-3H3/t9-/m0/s1. The summed E-state index contributed by atoms with van der Waals surface area (Å²) in [6.07, 6.45) is 0.445. The van der Waals surface area contributed by atoms with Gasteiger partial charge in [0, 0.05) is 18.3 Å². The van der Waals surface area contributed by atoms with E-state index in [2.05, 4.69) is 0 Å². The molecule has 1 atom stereocenters. The van der Waals surface area contributed by atoms with Crippen molar-refractivity contribution in [2.24, 2.45) is 11.8 Å². The van der Waals surface area contributed by atoms with Gasteiger partial charge in [0.05, 0.1) is 6.54 Å². The molecule has 0 aliphatic carbocycles. The van der Waals surface area contributed by atoms with Crippen molar-refractivity contribution in [3.63, 3.8) is 0 Å². The van der Waals surface area contributed by atoms with E-state index in [0.717, 1.165) is 0 Å². The van der Waals surface area contributed by atoms with Crippen LogP contribution in [0, 0.1) is 11.8 Å². The molecule has 0 amide bonds. The van der Waals surface area contributed by atoms with Gasteiger partial charge in [0.25, 0.3) is 5.92 Å². The van der Waals surface area contributed by atoms with Crippen molar-refractivity contribution >= 4 is 5.78 Å². The summed E-state index contributed by atoms with van der Waals surface area (Å²) in [6, 6.07) is 0. The number of hydrogen-bond acceptors (Lipinski definition) is 2. The Hall–Kier alpha value is -0.510. The van der Waals surface area contributed by atoms with Crippen LogP contribution in [0.1, 0.15) is 26.7 Å². The molecule has 0 aromatic rings. The van der Waals surface area contributed by atoms with Crippen LogP contribution in [0.5, 0.6) is 0 Å². The van der Waals surface area contributed by atoms with Crippen molar-refractivity contribution in [2.75, 3.05) is 20.1 Å². The minimum Gasteiger partial charge on any atom is -0.301 e. The zero-order chi connectivity index (χ0) is 11.6. The lowest BCUT2D eigenvalue weighted by Gasteiger charge is -2.36. The third kappa shape index (κ3) is 3.23. The molecule has 0 bridgehead atoms. The van der Waals surface area contributed by atoms with Gasteiger partial charge in [-0.3, -0.25) is 4.79 Å². The van der Waals surface area contributed by atoms with Crippen LogP contribution >= 0.6 is 0 Å². The van der Waals surface area contributed by atoms with Crippen LogP contribution in [-0.2, 0) is 4.79 Å². The highest BCUT2D eigenvalue weighted by molar-refractivity contribution is 5.80. The molecule has 0 aromatic heterocycles. The molecule has 0 radical (unpaired) electrons. The Morgan fingerprint density at radius 1 is 1.53 bits per heavy atom. The van der Waals surface area contributed by atoms with Crippen molar-refractivity contribution in [2.45, 2.75) is 32.6 Å². The Balaban J connectivity index is 2.58. The van der Waals surface area contributed by atoms with E-state index < -0.39 is 11.8 Å². The largest absolute Gasteiger partial charge is 0.301 e. The number of nitrogens with zero attached hydrogens (tertiary/aromatic N) is 1. The first kappa shape index (κ1) is 12.6. The molecule has 1 saturated heterocycles. The zero-order valence-electron chi connectivity index (χ0n) is 9.59. The molecule has 1 rings (SSSR count). The third-order valence-corrected chi connectivity index (χ3v) is 3.03. The van der Waals surface area contributed by atoms with Gasteiger partial charge in [0.2, 0.25) is 0 Å². The second-order valence-corrected chi connectivity index (χ2v) is 4.81. The van der Waals surface area contributed by atoms with Gasteiger partial charge >= 0.3 is 0 Å². The van der Waals surface area contributed by atoms with Gasteiger partial charge in [-0.2, -0.15) is 0 Å². The molecule has 0 spiro atoms. The maximum absolute atomic E-state index is 13.5. The molecule has 1 aliphatic rings. The third-order valence-electron chi connectivity index (χ3n) is 3.03. The van der Waals surface area contributed by atoms with E-state index in [1.165, 1.54) is 0 Å². The smallest absolute Gasteiger partial charge is 0.263 e. The average Bonchev–Trinajstić information content (AvgIpc) is 2.08. The molecule has 0 saturated carbocycles. The zero-order valence-corrected chi connectivity index (χ0v) is 9.59. The number of carbonyl (C=O) groups is 1. The van der Waals surface area contributed by atoms with Crippen LogP contribution in [0.2, 0.25) is 0 Å². The summed E-state index contributed by atoms with van der Waals surface area (Å²) < 4.78 is 27.1. The normalized spacial score (nSPS) is 26.9. The van der Waals surface area contributed by atoms with Gasteiger partial charge in [-0.1, -0.05) is 13.8 Å². The summed E-state index contributed by atoms with van der Waals surface area (Å²) in [7, 11) is 1.69. The van der Waals surface area contributed by atoms with E-state index in [4.69, 9.17) is 0 Å². The van der Waals surface area contributed by atoms with Crippen LogP contribution in [0.3, 0.4) is 0 Å². The lowest BCUT2D eigenvalue weighted by molar-refractivity contribution is -0.135. The molecule has 4 heteroatoms. The molecule has 1 fully saturated rings. The highest BCUT2D eigenvalue weighted by Gasteiger charge is 2.44.